The third-order valence-corrected chi connectivity index (χ3v) is 11.2. The van der Waals surface area contributed by atoms with Crippen LogP contribution in [-0.4, -0.2) is 16.3 Å². The molecule has 0 saturated heterocycles. The lowest BCUT2D eigenvalue weighted by Gasteiger charge is -2.37. The molecule has 4 heteroatoms. The summed E-state index contributed by atoms with van der Waals surface area (Å²) in [5.74, 6) is 0.602. The quantitative estimate of drug-likeness (QED) is 0.180. The molecule has 1 aliphatic carbocycles. The predicted molar refractivity (Wildman–Crippen MR) is 202 cm³/mol. The molecule has 3 nitrogen and oxygen atoms in total. The molecule has 0 bridgehead atoms. The Hall–Kier alpha value is -3.79. The first kappa shape index (κ1) is 30.5. The normalized spacial score (nSPS) is 16.4. The average molecular weight is 620 g/mol. The van der Waals surface area contributed by atoms with Crippen LogP contribution >= 0.6 is 0 Å². The van der Waals surface area contributed by atoms with Crippen molar-refractivity contribution in [2.45, 2.75) is 117 Å². The van der Waals surface area contributed by atoms with Crippen molar-refractivity contribution in [1.82, 2.24) is 9.55 Å². The Morgan fingerprint density at radius 3 is 1.87 bits per heavy atom. The van der Waals surface area contributed by atoms with Gasteiger partial charge in [-0.25, -0.2) is 4.98 Å². The Kier molecular flexibility index (Phi) is 6.73. The molecular formula is C43H50BN3. The van der Waals surface area contributed by atoms with Crippen LogP contribution in [0.2, 0.25) is 0 Å². The Bertz CT molecular complexity index is 2020. The Morgan fingerprint density at radius 2 is 1.21 bits per heavy atom. The summed E-state index contributed by atoms with van der Waals surface area (Å²) in [6, 6.07) is 28.7. The molecule has 0 spiro atoms. The Morgan fingerprint density at radius 1 is 0.617 bits per heavy atom. The maximum atomic E-state index is 5.52. The zero-order valence-corrected chi connectivity index (χ0v) is 30.0. The Labute approximate surface area is 282 Å². The second-order valence-electron chi connectivity index (χ2n) is 17.7. The van der Waals surface area contributed by atoms with Gasteiger partial charge < -0.3 is 9.47 Å². The molecule has 1 fully saturated rings. The van der Waals surface area contributed by atoms with Gasteiger partial charge in [-0.15, -0.1) is 0 Å². The monoisotopic (exact) mass is 619 g/mol. The molecule has 4 aromatic carbocycles. The molecule has 2 aliphatic heterocycles. The molecule has 240 valence electrons. The second kappa shape index (κ2) is 10.4. The van der Waals surface area contributed by atoms with E-state index >= 15 is 0 Å². The zero-order chi connectivity index (χ0) is 33.0. The van der Waals surface area contributed by atoms with E-state index in [2.05, 4.69) is 145 Å². The molecule has 0 unspecified atom stereocenters. The smallest absolute Gasteiger partial charge is 0.294 e. The van der Waals surface area contributed by atoms with Gasteiger partial charge in [0.15, 0.2) is 0 Å². The van der Waals surface area contributed by atoms with Crippen molar-refractivity contribution >= 4 is 51.5 Å². The van der Waals surface area contributed by atoms with Gasteiger partial charge in [-0.2, -0.15) is 0 Å². The third-order valence-electron chi connectivity index (χ3n) is 11.2. The fourth-order valence-corrected chi connectivity index (χ4v) is 8.39. The van der Waals surface area contributed by atoms with Crippen molar-refractivity contribution < 1.29 is 0 Å². The molecule has 3 aliphatic rings. The SMILES string of the molecule is CC(C)(C)c1ccc(N2c3ccc(C(C)(C)C)cc3B3c4c2cc(C2CCCCC2)cc4-n2c3nc3cc(C(C)(C)C)ccc32)cc1. The van der Waals surface area contributed by atoms with Gasteiger partial charge in [-0.1, -0.05) is 112 Å². The summed E-state index contributed by atoms with van der Waals surface area (Å²) < 4.78 is 2.53. The molecule has 8 rings (SSSR count). The summed E-state index contributed by atoms with van der Waals surface area (Å²) in [6.07, 6.45) is 6.56. The van der Waals surface area contributed by atoms with E-state index in [1.54, 1.807) is 0 Å². The molecule has 5 aromatic rings. The number of hydrogen-bond donors (Lipinski definition) is 0. The van der Waals surface area contributed by atoms with Gasteiger partial charge in [0.05, 0.1) is 16.8 Å². The van der Waals surface area contributed by atoms with Gasteiger partial charge in [-0.3, -0.25) is 0 Å². The first-order valence-corrected chi connectivity index (χ1v) is 18.0. The predicted octanol–water partition coefficient (Wildman–Crippen LogP) is 9.58. The fraction of sp³-hybridized carbons (Fsp3) is 0.419. The molecular weight excluding hydrogens is 569 g/mol. The standard InChI is InChI=1S/C43H50BN3/c1-41(2,3)29-15-19-32(20-16-29)46-35-21-17-30(42(4,5)6)25-33(35)44-39-37(46)23-28(27-13-11-10-12-14-27)24-38(39)47-36-22-18-31(43(7,8)9)26-34(36)45-40(44)47/h15-27H,10-14H2,1-9H3. The van der Waals surface area contributed by atoms with Gasteiger partial charge in [0.25, 0.3) is 6.71 Å². The van der Waals surface area contributed by atoms with E-state index in [1.165, 1.54) is 93.5 Å². The van der Waals surface area contributed by atoms with Crippen molar-refractivity contribution in [3.63, 3.8) is 0 Å². The first-order valence-electron chi connectivity index (χ1n) is 18.0. The van der Waals surface area contributed by atoms with Crippen molar-refractivity contribution in [3.05, 3.63) is 95.1 Å². The van der Waals surface area contributed by atoms with E-state index in [4.69, 9.17) is 4.98 Å². The van der Waals surface area contributed by atoms with Gasteiger partial charge in [0.1, 0.15) is 0 Å². The number of imidazole rings is 1. The maximum Gasteiger partial charge on any atom is 0.294 e. The summed E-state index contributed by atoms with van der Waals surface area (Å²) >= 11 is 0. The molecule has 0 atom stereocenters. The molecule has 47 heavy (non-hydrogen) atoms. The summed E-state index contributed by atoms with van der Waals surface area (Å²) in [4.78, 5) is 8.09. The second-order valence-corrected chi connectivity index (χ2v) is 17.7. The van der Waals surface area contributed by atoms with E-state index in [1.807, 2.05) is 0 Å². The number of aromatic nitrogens is 2. The summed E-state index contributed by atoms with van der Waals surface area (Å²) in [7, 11) is 0. The number of rotatable bonds is 2. The fourth-order valence-electron chi connectivity index (χ4n) is 8.39. The molecule has 1 aromatic heterocycles. The highest BCUT2D eigenvalue weighted by Gasteiger charge is 2.46. The van der Waals surface area contributed by atoms with Crippen LogP contribution in [0.5, 0.6) is 0 Å². The summed E-state index contributed by atoms with van der Waals surface area (Å²) in [5, 5.41) is 0. The van der Waals surface area contributed by atoms with Crippen LogP contribution in [0.4, 0.5) is 17.1 Å². The van der Waals surface area contributed by atoms with Crippen molar-refractivity contribution in [2.24, 2.45) is 0 Å². The van der Waals surface area contributed by atoms with Gasteiger partial charge in [0, 0.05) is 22.7 Å². The number of benzene rings is 4. The van der Waals surface area contributed by atoms with Crippen molar-refractivity contribution in [3.8, 4) is 5.69 Å². The number of anilines is 3. The first-order chi connectivity index (χ1) is 22.2. The van der Waals surface area contributed by atoms with Crippen LogP contribution in [0.15, 0.2) is 72.8 Å². The Balaban J connectivity index is 1.43. The maximum absolute atomic E-state index is 5.52. The number of hydrogen-bond acceptors (Lipinski definition) is 2. The van der Waals surface area contributed by atoms with Crippen LogP contribution in [0.25, 0.3) is 16.7 Å². The lowest BCUT2D eigenvalue weighted by atomic mass is 9.38. The van der Waals surface area contributed by atoms with Crippen LogP contribution < -0.4 is 21.5 Å². The van der Waals surface area contributed by atoms with Gasteiger partial charge in [-0.05, 0) is 111 Å². The number of fused-ring (bicyclic) bond motifs is 7. The highest BCUT2D eigenvalue weighted by Crippen LogP contribution is 2.44. The summed E-state index contributed by atoms with van der Waals surface area (Å²) in [6.45, 7) is 20.9. The highest BCUT2D eigenvalue weighted by atomic mass is 15.2. The third kappa shape index (κ3) is 4.89. The molecule has 0 N–H and O–H groups in total. The highest BCUT2D eigenvalue weighted by molar-refractivity contribution is 6.99. The van der Waals surface area contributed by atoms with Gasteiger partial charge >= 0.3 is 0 Å². The molecule has 3 heterocycles. The molecule has 1 saturated carbocycles. The van der Waals surface area contributed by atoms with E-state index in [-0.39, 0.29) is 23.0 Å². The van der Waals surface area contributed by atoms with E-state index < -0.39 is 0 Å². The average Bonchev–Trinajstić information content (AvgIpc) is 3.55. The van der Waals surface area contributed by atoms with Crippen molar-refractivity contribution in [1.29, 1.82) is 0 Å². The van der Waals surface area contributed by atoms with Crippen LogP contribution in [0, 0.1) is 0 Å². The molecule has 0 amide bonds. The van der Waals surface area contributed by atoms with E-state index in [0.717, 1.165) is 11.2 Å². The minimum absolute atomic E-state index is 0.0442. The lowest BCUT2D eigenvalue weighted by Crippen LogP contribution is -2.56. The van der Waals surface area contributed by atoms with Gasteiger partial charge in [0.2, 0.25) is 0 Å². The summed E-state index contributed by atoms with van der Waals surface area (Å²) in [5.41, 5.74) is 17.2. The van der Waals surface area contributed by atoms with Crippen molar-refractivity contribution in [2.75, 3.05) is 4.90 Å². The van der Waals surface area contributed by atoms with Crippen LogP contribution in [-0.2, 0) is 16.2 Å². The minimum Gasteiger partial charge on any atom is -0.311 e. The number of nitrogens with zero attached hydrogens (tertiary/aromatic N) is 3. The lowest BCUT2D eigenvalue weighted by molar-refractivity contribution is 0.443. The van der Waals surface area contributed by atoms with Crippen LogP contribution in [0.1, 0.15) is 123 Å². The molecule has 0 radical (unpaired) electrons. The van der Waals surface area contributed by atoms with E-state index in [0.29, 0.717) is 5.92 Å². The largest absolute Gasteiger partial charge is 0.311 e. The minimum atomic E-state index is 0.0442. The topological polar surface area (TPSA) is 21.1 Å². The zero-order valence-electron chi connectivity index (χ0n) is 30.0. The van der Waals surface area contributed by atoms with Crippen LogP contribution in [0.3, 0.4) is 0 Å². The van der Waals surface area contributed by atoms with E-state index in [9.17, 15) is 0 Å².